The van der Waals surface area contributed by atoms with Crippen LogP contribution in [0.25, 0.3) is 0 Å². The van der Waals surface area contributed by atoms with E-state index in [9.17, 15) is 0 Å². The molecule has 4 heteroatoms. The number of hydrogen-bond acceptors (Lipinski definition) is 4. The molecular formula is C11H11N3O. The van der Waals surface area contributed by atoms with Gasteiger partial charge in [-0.25, -0.2) is 4.98 Å². The van der Waals surface area contributed by atoms with Crippen LogP contribution in [-0.2, 0) is 0 Å². The number of rotatable bonds is 2. The Bertz CT molecular complexity index is 457. The smallest absolute Gasteiger partial charge is 0.237 e. The van der Waals surface area contributed by atoms with Crippen molar-refractivity contribution in [1.29, 1.82) is 0 Å². The molecule has 0 unspecified atom stereocenters. The van der Waals surface area contributed by atoms with Crippen LogP contribution in [0.3, 0.4) is 0 Å². The highest BCUT2D eigenvalue weighted by molar-refractivity contribution is 5.54. The van der Waals surface area contributed by atoms with Crippen molar-refractivity contribution in [3.05, 3.63) is 42.4 Å². The van der Waals surface area contributed by atoms with Crippen LogP contribution >= 0.6 is 0 Å². The lowest BCUT2D eigenvalue weighted by molar-refractivity contribution is 0.462. The molecule has 0 aliphatic heterocycles. The number of aromatic nitrogens is 2. The van der Waals surface area contributed by atoms with Crippen LogP contribution in [0.5, 0.6) is 11.6 Å². The molecule has 0 aliphatic rings. The molecule has 15 heavy (non-hydrogen) atoms. The third kappa shape index (κ3) is 2.22. The Balaban J connectivity index is 2.25. The van der Waals surface area contributed by atoms with Gasteiger partial charge in [0.25, 0.3) is 0 Å². The first-order chi connectivity index (χ1) is 7.25. The molecule has 0 spiro atoms. The molecule has 0 saturated heterocycles. The van der Waals surface area contributed by atoms with Crippen LogP contribution in [0, 0.1) is 6.92 Å². The number of anilines is 1. The number of benzene rings is 1. The van der Waals surface area contributed by atoms with Crippen molar-refractivity contribution < 1.29 is 4.74 Å². The van der Waals surface area contributed by atoms with Crippen LogP contribution in [0.4, 0.5) is 5.69 Å². The number of hydrogen-bond donors (Lipinski definition) is 1. The Morgan fingerprint density at radius 1 is 1.27 bits per heavy atom. The molecule has 1 aromatic heterocycles. The molecule has 76 valence electrons. The molecule has 0 atom stereocenters. The van der Waals surface area contributed by atoms with E-state index >= 15 is 0 Å². The van der Waals surface area contributed by atoms with Crippen molar-refractivity contribution in [2.75, 3.05) is 5.73 Å². The highest BCUT2D eigenvalue weighted by Gasteiger charge is 2.02. The highest BCUT2D eigenvalue weighted by atomic mass is 16.5. The van der Waals surface area contributed by atoms with E-state index < -0.39 is 0 Å². The minimum absolute atomic E-state index is 0.438. The van der Waals surface area contributed by atoms with Crippen molar-refractivity contribution in [1.82, 2.24) is 9.97 Å². The molecule has 2 aromatic rings. The predicted octanol–water partition coefficient (Wildman–Crippen LogP) is 2.16. The largest absolute Gasteiger partial charge is 0.435 e. The topological polar surface area (TPSA) is 61.0 Å². The van der Waals surface area contributed by atoms with Gasteiger partial charge in [-0.3, -0.25) is 4.98 Å². The summed E-state index contributed by atoms with van der Waals surface area (Å²) in [5.74, 6) is 1.04. The molecule has 1 heterocycles. The van der Waals surface area contributed by atoms with Crippen molar-refractivity contribution in [3.8, 4) is 11.6 Å². The van der Waals surface area contributed by atoms with Gasteiger partial charge in [0.05, 0.1) is 11.9 Å². The summed E-state index contributed by atoms with van der Waals surface area (Å²) >= 11 is 0. The van der Waals surface area contributed by atoms with E-state index in [-0.39, 0.29) is 0 Å². The lowest BCUT2D eigenvalue weighted by Gasteiger charge is -2.07. The normalized spacial score (nSPS) is 9.93. The predicted molar refractivity (Wildman–Crippen MR) is 57.7 cm³/mol. The van der Waals surface area contributed by atoms with Crippen molar-refractivity contribution in [3.63, 3.8) is 0 Å². The maximum absolute atomic E-state index is 5.80. The lowest BCUT2D eigenvalue weighted by Crippen LogP contribution is -1.94. The van der Waals surface area contributed by atoms with E-state index in [1.54, 1.807) is 18.6 Å². The Hall–Kier alpha value is -2.10. The number of nitrogen functional groups attached to an aromatic ring is 1. The molecule has 0 fully saturated rings. The lowest BCUT2D eigenvalue weighted by atomic mass is 10.2. The SMILES string of the molecule is Cc1ccc(Oc2cnccn2)c(N)c1. The molecule has 0 bridgehead atoms. The van der Waals surface area contributed by atoms with Gasteiger partial charge in [-0.15, -0.1) is 0 Å². The minimum Gasteiger partial charge on any atom is -0.435 e. The molecule has 2 rings (SSSR count). The average molecular weight is 201 g/mol. The molecule has 4 nitrogen and oxygen atoms in total. The van der Waals surface area contributed by atoms with E-state index in [1.165, 1.54) is 0 Å². The third-order valence-corrected chi connectivity index (χ3v) is 1.92. The summed E-state index contributed by atoms with van der Waals surface area (Å²) < 4.78 is 5.47. The van der Waals surface area contributed by atoms with E-state index in [1.807, 2.05) is 25.1 Å². The second-order valence-corrected chi connectivity index (χ2v) is 3.19. The Kier molecular flexibility index (Phi) is 2.49. The second-order valence-electron chi connectivity index (χ2n) is 3.19. The average Bonchev–Trinajstić information content (AvgIpc) is 2.24. The number of ether oxygens (including phenoxy) is 1. The minimum atomic E-state index is 0.438. The molecule has 0 saturated carbocycles. The van der Waals surface area contributed by atoms with E-state index in [4.69, 9.17) is 10.5 Å². The fourth-order valence-corrected chi connectivity index (χ4v) is 1.21. The first kappa shape index (κ1) is 9.45. The van der Waals surface area contributed by atoms with Crippen LogP contribution in [0.1, 0.15) is 5.56 Å². The highest BCUT2D eigenvalue weighted by Crippen LogP contribution is 2.26. The van der Waals surface area contributed by atoms with E-state index in [0.717, 1.165) is 5.56 Å². The third-order valence-electron chi connectivity index (χ3n) is 1.92. The van der Waals surface area contributed by atoms with E-state index in [2.05, 4.69) is 9.97 Å². The zero-order valence-corrected chi connectivity index (χ0v) is 8.34. The van der Waals surface area contributed by atoms with Gasteiger partial charge in [0.15, 0.2) is 5.75 Å². The fraction of sp³-hybridized carbons (Fsp3) is 0.0909. The quantitative estimate of drug-likeness (QED) is 0.756. The number of aryl methyl sites for hydroxylation is 1. The maximum atomic E-state index is 5.80. The first-order valence-corrected chi connectivity index (χ1v) is 4.56. The molecular weight excluding hydrogens is 190 g/mol. The summed E-state index contributed by atoms with van der Waals surface area (Å²) in [4.78, 5) is 7.90. The van der Waals surface area contributed by atoms with E-state index in [0.29, 0.717) is 17.3 Å². The molecule has 0 amide bonds. The number of nitrogens with zero attached hydrogens (tertiary/aromatic N) is 2. The summed E-state index contributed by atoms with van der Waals surface area (Å²) in [6.07, 6.45) is 4.70. The second kappa shape index (κ2) is 3.96. The summed E-state index contributed by atoms with van der Waals surface area (Å²) in [6, 6.07) is 5.60. The van der Waals surface area contributed by atoms with Gasteiger partial charge in [0.1, 0.15) is 0 Å². The maximum Gasteiger partial charge on any atom is 0.237 e. The van der Waals surface area contributed by atoms with Crippen LogP contribution in [-0.4, -0.2) is 9.97 Å². The zero-order valence-electron chi connectivity index (χ0n) is 8.34. The fourth-order valence-electron chi connectivity index (χ4n) is 1.21. The van der Waals surface area contributed by atoms with Crippen molar-refractivity contribution in [2.45, 2.75) is 6.92 Å². The van der Waals surface area contributed by atoms with Gasteiger partial charge in [-0.2, -0.15) is 0 Å². The summed E-state index contributed by atoms with van der Waals surface area (Å²) in [6.45, 7) is 1.97. The van der Waals surface area contributed by atoms with Crippen molar-refractivity contribution in [2.24, 2.45) is 0 Å². The Labute approximate surface area is 87.7 Å². The molecule has 1 aromatic carbocycles. The summed E-state index contributed by atoms with van der Waals surface area (Å²) in [5, 5.41) is 0. The van der Waals surface area contributed by atoms with Gasteiger partial charge < -0.3 is 10.5 Å². The van der Waals surface area contributed by atoms with Crippen LogP contribution in [0.15, 0.2) is 36.8 Å². The van der Waals surface area contributed by atoms with Crippen LogP contribution in [0.2, 0.25) is 0 Å². The summed E-state index contributed by atoms with van der Waals surface area (Å²) in [5.41, 5.74) is 7.49. The Morgan fingerprint density at radius 3 is 2.80 bits per heavy atom. The van der Waals surface area contributed by atoms with Crippen molar-refractivity contribution >= 4 is 5.69 Å². The van der Waals surface area contributed by atoms with Gasteiger partial charge in [-0.05, 0) is 24.6 Å². The zero-order chi connectivity index (χ0) is 10.7. The molecule has 2 N–H and O–H groups in total. The Morgan fingerprint density at radius 2 is 2.13 bits per heavy atom. The standard InChI is InChI=1S/C11H11N3O/c1-8-2-3-10(9(12)6-8)15-11-7-13-4-5-14-11/h2-7H,12H2,1H3. The van der Waals surface area contributed by atoms with Crippen LogP contribution < -0.4 is 10.5 Å². The summed E-state index contributed by atoms with van der Waals surface area (Å²) in [7, 11) is 0. The van der Waals surface area contributed by atoms with Gasteiger partial charge in [-0.1, -0.05) is 6.07 Å². The molecule has 0 aliphatic carbocycles. The monoisotopic (exact) mass is 201 g/mol. The van der Waals surface area contributed by atoms with Gasteiger partial charge in [0.2, 0.25) is 5.88 Å². The number of nitrogens with two attached hydrogens (primary N) is 1. The molecule has 0 radical (unpaired) electrons. The van der Waals surface area contributed by atoms with Gasteiger partial charge in [0, 0.05) is 12.4 Å². The first-order valence-electron chi connectivity index (χ1n) is 4.56. The van der Waals surface area contributed by atoms with Gasteiger partial charge >= 0.3 is 0 Å².